The van der Waals surface area contributed by atoms with Crippen molar-refractivity contribution >= 4 is 29.3 Å². The van der Waals surface area contributed by atoms with Crippen molar-refractivity contribution in [3.8, 4) is 11.5 Å². The smallest absolute Gasteiger partial charge is 0.330 e. The summed E-state index contributed by atoms with van der Waals surface area (Å²) >= 11 is 6.07. The van der Waals surface area contributed by atoms with E-state index in [9.17, 15) is 9.59 Å². The van der Waals surface area contributed by atoms with Gasteiger partial charge < -0.3 is 29.6 Å². The number of halogens is 1. The van der Waals surface area contributed by atoms with Crippen LogP contribution in [0.1, 0.15) is 20.8 Å². The largest absolute Gasteiger partial charge is 0.495 e. The van der Waals surface area contributed by atoms with E-state index in [1.165, 1.54) is 27.4 Å². The molecule has 0 radical (unpaired) electrons. The van der Waals surface area contributed by atoms with Crippen LogP contribution in [0.2, 0.25) is 5.02 Å². The van der Waals surface area contributed by atoms with Gasteiger partial charge in [-0.3, -0.25) is 0 Å². The van der Waals surface area contributed by atoms with Gasteiger partial charge in [0.15, 0.2) is 6.04 Å². The maximum absolute atomic E-state index is 12.3. The summed E-state index contributed by atoms with van der Waals surface area (Å²) < 4.78 is 20.6. The van der Waals surface area contributed by atoms with Crippen molar-refractivity contribution in [1.82, 2.24) is 5.32 Å². The summed E-state index contributed by atoms with van der Waals surface area (Å²) in [7, 11) is 4.15. The Balaban J connectivity index is 2.87. The lowest BCUT2D eigenvalue weighted by Crippen LogP contribution is -2.47. The molecule has 9 heteroatoms. The van der Waals surface area contributed by atoms with Gasteiger partial charge in [-0.05, 0) is 26.8 Å². The number of carbonyl (C=O) groups excluding carboxylic acids is 2. The summed E-state index contributed by atoms with van der Waals surface area (Å²) in [6.07, 6.45) is 0. The number of esters is 1. The molecule has 2 N–H and O–H groups in total. The molecule has 0 aliphatic heterocycles. The van der Waals surface area contributed by atoms with Gasteiger partial charge in [0.2, 0.25) is 0 Å². The normalized spacial score (nSPS) is 12.1. The number of benzene rings is 1. The van der Waals surface area contributed by atoms with Gasteiger partial charge in [0.05, 0.1) is 44.2 Å². The van der Waals surface area contributed by atoms with Gasteiger partial charge in [-0.25, -0.2) is 9.59 Å². The fraction of sp³-hybridized carbons (Fsp3) is 0.529. The molecule has 0 aliphatic carbocycles. The van der Waals surface area contributed by atoms with Gasteiger partial charge in [0.1, 0.15) is 11.5 Å². The summed E-state index contributed by atoms with van der Waals surface area (Å²) in [6.45, 7) is 5.48. The minimum absolute atomic E-state index is 0.0376. The van der Waals surface area contributed by atoms with Crippen LogP contribution in [0.3, 0.4) is 0 Å². The number of rotatable bonds is 7. The van der Waals surface area contributed by atoms with Gasteiger partial charge in [0, 0.05) is 6.07 Å². The van der Waals surface area contributed by atoms with Crippen molar-refractivity contribution in [2.45, 2.75) is 32.4 Å². The van der Waals surface area contributed by atoms with Crippen molar-refractivity contribution in [1.29, 1.82) is 0 Å². The third-order valence-electron chi connectivity index (χ3n) is 3.20. The van der Waals surface area contributed by atoms with Crippen LogP contribution in [0.5, 0.6) is 11.5 Å². The molecule has 146 valence electrons. The van der Waals surface area contributed by atoms with E-state index in [1.807, 2.05) is 20.8 Å². The summed E-state index contributed by atoms with van der Waals surface area (Å²) in [5.41, 5.74) is -0.159. The average Bonchev–Trinajstić information content (AvgIpc) is 2.57. The van der Waals surface area contributed by atoms with Gasteiger partial charge in [-0.15, -0.1) is 0 Å². The molecular weight excluding hydrogens is 364 g/mol. The Morgan fingerprint density at radius 3 is 2.23 bits per heavy atom. The number of amides is 2. The fourth-order valence-electron chi connectivity index (χ4n) is 1.92. The molecule has 0 aliphatic rings. The zero-order valence-electron chi connectivity index (χ0n) is 15.8. The SMILES string of the molecule is COC(=O)C(COC(C)(C)C)NC(=O)Nc1cc(Cl)c(OC)cc1OC. The summed E-state index contributed by atoms with van der Waals surface area (Å²) in [5.74, 6) is 0.131. The van der Waals surface area contributed by atoms with E-state index in [0.29, 0.717) is 22.2 Å². The highest BCUT2D eigenvalue weighted by Crippen LogP contribution is 2.35. The van der Waals surface area contributed by atoms with E-state index < -0.39 is 23.6 Å². The predicted octanol–water partition coefficient (Wildman–Crippen LogP) is 2.84. The number of ether oxygens (including phenoxy) is 4. The van der Waals surface area contributed by atoms with E-state index in [4.69, 9.17) is 30.5 Å². The van der Waals surface area contributed by atoms with Crippen molar-refractivity contribution in [3.05, 3.63) is 17.2 Å². The molecule has 1 rings (SSSR count). The molecule has 1 aromatic carbocycles. The van der Waals surface area contributed by atoms with Crippen LogP contribution in [-0.4, -0.2) is 51.6 Å². The minimum Gasteiger partial charge on any atom is -0.495 e. The third kappa shape index (κ3) is 6.61. The lowest BCUT2D eigenvalue weighted by molar-refractivity contribution is -0.145. The zero-order valence-corrected chi connectivity index (χ0v) is 16.5. The Morgan fingerprint density at radius 2 is 1.73 bits per heavy atom. The number of methoxy groups -OCH3 is 3. The first-order chi connectivity index (χ1) is 12.1. The number of hydrogen-bond donors (Lipinski definition) is 2. The van der Waals surface area contributed by atoms with E-state index in [2.05, 4.69) is 10.6 Å². The number of anilines is 1. The van der Waals surface area contributed by atoms with E-state index >= 15 is 0 Å². The fourth-order valence-corrected chi connectivity index (χ4v) is 2.16. The Morgan fingerprint density at radius 1 is 1.12 bits per heavy atom. The molecule has 1 unspecified atom stereocenters. The van der Waals surface area contributed by atoms with Crippen LogP contribution in [0, 0.1) is 0 Å². The minimum atomic E-state index is -0.973. The van der Waals surface area contributed by atoms with Crippen molar-refractivity contribution in [3.63, 3.8) is 0 Å². The molecule has 0 heterocycles. The van der Waals surface area contributed by atoms with Crippen LogP contribution < -0.4 is 20.1 Å². The second-order valence-corrected chi connectivity index (χ2v) is 6.69. The molecule has 0 saturated carbocycles. The Bertz CT molecular complexity index is 645. The third-order valence-corrected chi connectivity index (χ3v) is 3.49. The van der Waals surface area contributed by atoms with Crippen LogP contribution in [0.25, 0.3) is 0 Å². The summed E-state index contributed by atoms with van der Waals surface area (Å²) in [6, 6.07) is 1.41. The maximum atomic E-state index is 12.3. The van der Waals surface area contributed by atoms with Crippen LogP contribution >= 0.6 is 11.6 Å². The lowest BCUT2D eigenvalue weighted by atomic mass is 10.2. The summed E-state index contributed by atoms with van der Waals surface area (Å²) in [5, 5.41) is 5.39. The number of carbonyl (C=O) groups is 2. The molecule has 0 aromatic heterocycles. The molecule has 8 nitrogen and oxygen atoms in total. The van der Waals surface area contributed by atoms with Crippen LogP contribution in [0.4, 0.5) is 10.5 Å². The second kappa shape index (κ2) is 9.49. The molecule has 1 aromatic rings. The Labute approximate surface area is 158 Å². The van der Waals surface area contributed by atoms with E-state index in [-0.39, 0.29) is 6.61 Å². The molecule has 0 spiro atoms. The number of hydrogen-bond acceptors (Lipinski definition) is 6. The molecule has 2 amide bonds. The first-order valence-electron chi connectivity index (χ1n) is 7.82. The average molecular weight is 389 g/mol. The standard InChI is InChI=1S/C17H25ClN2O6/c1-17(2,3)26-9-12(15(21)25-6)20-16(22)19-11-7-10(18)13(23-4)8-14(11)24-5/h7-8,12H,9H2,1-6H3,(H2,19,20,22). The predicted molar refractivity (Wildman–Crippen MR) is 98.2 cm³/mol. The van der Waals surface area contributed by atoms with Gasteiger partial charge in [0.25, 0.3) is 0 Å². The van der Waals surface area contributed by atoms with Gasteiger partial charge in [-0.2, -0.15) is 0 Å². The molecule has 1 atom stereocenters. The van der Waals surface area contributed by atoms with Crippen molar-refractivity contribution in [2.75, 3.05) is 33.3 Å². The quantitative estimate of drug-likeness (QED) is 0.697. The molecular formula is C17H25ClN2O6. The van der Waals surface area contributed by atoms with E-state index in [0.717, 1.165) is 0 Å². The Kier molecular flexibility index (Phi) is 7.98. The zero-order chi connectivity index (χ0) is 19.9. The highest BCUT2D eigenvalue weighted by Gasteiger charge is 2.25. The number of nitrogens with one attached hydrogen (secondary N) is 2. The van der Waals surface area contributed by atoms with Crippen LogP contribution in [-0.2, 0) is 14.3 Å². The van der Waals surface area contributed by atoms with Gasteiger partial charge >= 0.3 is 12.0 Å². The van der Waals surface area contributed by atoms with Crippen LogP contribution in [0.15, 0.2) is 12.1 Å². The monoisotopic (exact) mass is 388 g/mol. The number of urea groups is 1. The molecule has 0 saturated heterocycles. The summed E-state index contributed by atoms with van der Waals surface area (Å²) in [4.78, 5) is 24.2. The van der Waals surface area contributed by atoms with Crippen molar-refractivity contribution < 1.29 is 28.5 Å². The first kappa shape index (κ1) is 21.9. The first-order valence-corrected chi connectivity index (χ1v) is 8.20. The highest BCUT2D eigenvalue weighted by molar-refractivity contribution is 6.32. The lowest BCUT2D eigenvalue weighted by Gasteiger charge is -2.24. The topological polar surface area (TPSA) is 95.1 Å². The maximum Gasteiger partial charge on any atom is 0.330 e. The molecule has 26 heavy (non-hydrogen) atoms. The highest BCUT2D eigenvalue weighted by atomic mass is 35.5. The molecule has 0 bridgehead atoms. The van der Waals surface area contributed by atoms with Gasteiger partial charge in [-0.1, -0.05) is 11.6 Å². The van der Waals surface area contributed by atoms with E-state index in [1.54, 1.807) is 6.07 Å². The van der Waals surface area contributed by atoms with Crippen molar-refractivity contribution in [2.24, 2.45) is 0 Å². The Hall–Kier alpha value is -2.19. The molecule has 0 fully saturated rings. The second-order valence-electron chi connectivity index (χ2n) is 6.28.